The molecule has 0 heterocycles. The van der Waals surface area contributed by atoms with Crippen molar-refractivity contribution >= 4 is 11.8 Å². The van der Waals surface area contributed by atoms with Crippen LogP contribution in [-0.4, -0.2) is 36.1 Å². The molecule has 0 aromatic heterocycles. The van der Waals surface area contributed by atoms with Crippen LogP contribution in [0.25, 0.3) is 0 Å². The van der Waals surface area contributed by atoms with Gasteiger partial charge in [0.05, 0.1) is 11.5 Å². The highest BCUT2D eigenvalue weighted by molar-refractivity contribution is 5.84. The zero-order valence-electron chi connectivity index (χ0n) is 29.5. The Kier molecular flexibility index (Phi) is 9.54. The third-order valence-corrected chi connectivity index (χ3v) is 15.5. The van der Waals surface area contributed by atoms with Gasteiger partial charge in [0.1, 0.15) is 0 Å². The molecule has 2 amide bonds. The van der Waals surface area contributed by atoms with Crippen LogP contribution in [0.1, 0.15) is 145 Å². The van der Waals surface area contributed by atoms with Crippen LogP contribution in [-0.2, 0) is 9.59 Å². The van der Waals surface area contributed by atoms with Gasteiger partial charge >= 0.3 is 0 Å². The number of aliphatic hydroxyl groups excluding tert-OH is 1. The van der Waals surface area contributed by atoms with Crippen LogP contribution >= 0.6 is 0 Å². The highest BCUT2D eigenvalue weighted by Gasteiger charge is 2.71. The van der Waals surface area contributed by atoms with Crippen LogP contribution in [0.2, 0.25) is 0 Å². The maximum Gasteiger partial charge on any atom is 0.226 e. The zero-order valence-corrected chi connectivity index (χ0v) is 29.5. The van der Waals surface area contributed by atoms with Crippen molar-refractivity contribution in [1.29, 1.82) is 0 Å². The fraction of sp³-hybridized carbons (Fsp3) is 0.897. The number of carbonyl (C=O) groups excluding carboxylic acids is 2. The molecule has 5 saturated carbocycles. The number of allylic oxidation sites excluding steroid dienone is 1. The highest BCUT2D eigenvalue weighted by atomic mass is 16.3. The summed E-state index contributed by atoms with van der Waals surface area (Å²) in [4.78, 5) is 25.3. The lowest BCUT2D eigenvalue weighted by Gasteiger charge is -2.72. The fourth-order valence-electron chi connectivity index (χ4n) is 12.9. The predicted octanol–water partition coefficient (Wildman–Crippen LogP) is 8.21. The summed E-state index contributed by atoms with van der Waals surface area (Å²) >= 11 is 0. The Labute approximate surface area is 269 Å². The molecule has 0 aromatic rings. The number of unbranched alkanes of at least 4 members (excludes halogenated alkanes) is 4. The van der Waals surface area contributed by atoms with Crippen molar-refractivity contribution in [3.63, 3.8) is 0 Å². The molecular formula is C39H66N2O3. The summed E-state index contributed by atoms with van der Waals surface area (Å²) in [5.74, 6) is 3.07. The average molecular weight is 611 g/mol. The molecule has 250 valence electrons. The summed E-state index contributed by atoms with van der Waals surface area (Å²) in [6.07, 6.45) is 16.7. The Morgan fingerprint density at radius 3 is 2.05 bits per heavy atom. The van der Waals surface area contributed by atoms with Gasteiger partial charge in [-0.25, -0.2) is 0 Å². The van der Waals surface area contributed by atoms with Crippen molar-refractivity contribution in [2.24, 2.45) is 56.7 Å². The summed E-state index contributed by atoms with van der Waals surface area (Å²) in [6.45, 7) is 22.5. The largest absolute Gasteiger partial charge is 0.393 e. The number of fused-ring (bicyclic) bond motifs is 7. The number of rotatable bonds is 10. The van der Waals surface area contributed by atoms with Crippen LogP contribution in [0.5, 0.6) is 0 Å². The second-order valence-electron chi connectivity index (χ2n) is 17.7. The molecule has 5 fully saturated rings. The third kappa shape index (κ3) is 5.31. The van der Waals surface area contributed by atoms with Gasteiger partial charge < -0.3 is 15.7 Å². The van der Waals surface area contributed by atoms with E-state index in [1.807, 2.05) is 0 Å². The van der Waals surface area contributed by atoms with Crippen molar-refractivity contribution in [2.75, 3.05) is 13.1 Å². The average Bonchev–Trinajstić information content (AvgIpc) is 3.36. The molecular weight excluding hydrogens is 544 g/mol. The smallest absolute Gasteiger partial charge is 0.226 e. The first-order valence-electron chi connectivity index (χ1n) is 18.5. The summed E-state index contributed by atoms with van der Waals surface area (Å²) in [7, 11) is 0. The molecule has 5 heteroatoms. The van der Waals surface area contributed by atoms with Crippen LogP contribution < -0.4 is 10.6 Å². The van der Waals surface area contributed by atoms with Gasteiger partial charge in [-0.15, -0.1) is 0 Å². The normalized spacial score (nSPS) is 44.0. The van der Waals surface area contributed by atoms with Gasteiger partial charge in [0.2, 0.25) is 11.8 Å². The van der Waals surface area contributed by atoms with E-state index >= 15 is 0 Å². The minimum absolute atomic E-state index is 0.0188. The summed E-state index contributed by atoms with van der Waals surface area (Å²) in [6, 6.07) is 0. The summed E-state index contributed by atoms with van der Waals surface area (Å²) in [5.41, 5.74) is 1.81. The quantitative estimate of drug-likeness (QED) is 0.172. The van der Waals surface area contributed by atoms with Gasteiger partial charge in [0.15, 0.2) is 0 Å². The molecule has 10 atom stereocenters. The van der Waals surface area contributed by atoms with Gasteiger partial charge in [0.25, 0.3) is 0 Å². The van der Waals surface area contributed by atoms with E-state index in [0.29, 0.717) is 35.5 Å². The Morgan fingerprint density at radius 1 is 0.727 bits per heavy atom. The number of amides is 2. The first-order valence-corrected chi connectivity index (χ1v) is 18.5. The number of hydrogen-bond acceptors (Lipinski definition) is 3. The maximum atomic E-state index is 14.3. The second kappa shape index (κ2) is 12.3. The summed E-state index contributed by atoms with van der Waals surface area (Å²) in [5, 5.41) is 17.4. The Bertz CT molecular complexity index is 1100. The summed E-state index contributed by atoms with van der Waals surface area (Å²) < 4.78 is 0. The fourth-order valence-corrected chi connectivity index (χ4v) is 12.9. The van der Waals surface area contributed by atoms with Crippen LogP contribution in [0.3, 0.4) is 0 Å². The number of carbonyl (C=O) groups is 2. The van der Waals surface area contributed by atoms with Crippen molar-refractivity contribution in [2.45, 2.75) is 151 Å². The standard InChI is InChI=1S/C39H66N2O3/c1-26(2)28-16-21-39(34(44)41-25-13-11-9-10-12-24-40-27(3)42)23-22-37(7)29(33(28)39)14-15-31-36(6)19-18-32(43)35(4,5)30(36)17-20-38(31,37)8/h28-33,43H,1,9-25H2,2-8H3,(H,40,42)(H,41,44)/t28-,29+,30-,31+,32-,33+,36-,37+,38+,39-/m0/s1. The number of aliphatic hydroxyl groups is 1. The first-order chi connectivity index (χ1) is 20.6. The minimum Gasteiger partial charge on any atom is -0.393 e. The van der Waals surface area contributed by atoms with Gasteiger partial charge in [0, 0.05) is 20.0 Å². The van der Waals surface area contributed by atoms with E-state index in [-0.39, 0.29) is 39.1 Å². The highest BCUT2D eigenvalue weighted by Crippen LogP contribution is 2.77. The molecule has 44 heavy (non-hydrogen) atoms. The Hall–Kier alpha value is -1.36. The van der Waals surface area contributed by atoms with Crippen LogP contribution in [0.4, 0.5) is 0 Å². The molecule has 3 N–H and O–H groups in total. The lowest BCUT2D eigenvalue weighted by molar-refractivity contribution is -0.246. The molecule has 0 saturated heterocycles. The van der Waals surface area contributed by atoms with Gasteiger partial charge in [-0.2, -0.15) is 0 Å². The van der Waals surface area contributed by atoms with E-state index in [9.17, 15) is 14.7 Å². The monoisotopic (exact) mass is 611 g/mol. The van der Waals surface area contributed by atoms with E-state index in [2.05, 4.69) is 58.8 Å². The predicted molar refractivity (Wildman–Crippen MR) is 180 cm³/mol. The van der Waals surface area contributed by atoms with Gasteiger partial charge in [-0.05, 0) is 135 Å². The second-order valence-corrected chi connectivity index (χ2v) is 17.7. The zero-order chi connectivity index (χ0) is 32.1. The molecule has 5 aliphatic rings. The lowest BCUT2D eigenvalue weighted by Crippen LogP contribution is -2.67. The molecule has 0 aromatic carbocycles. The Morgan fingerprint density at radius 2 is 1.39 bits per heavy atom. The molecule has 0 radical (unpaired) electrons. The molecule has 0 bridgehead atoms. The molecule has 0 spiro atoms. The van der Waals surface area contributed by atoms with E-state index < -0.39 is 0 Å². The van der Waals surface area contributed by atoms with Crippen LogP contribution in [0.15, 0.2) is 12.2 Å². The van der Waals surface area contributed by atoms with E-state index in [4.69, 9.17) is 0 Å². The third-order valence-electron chi connectivity index (χ3n) is 15.5. The first kappa shape index (κ1) is 34.0. The van der Waals surface area contributed by atoms with Gasteiger partial charge in [-0.3, -0.25) is 9.59 Å². The topological polar surface area (TPSA) is 78.4 Å². The maximum absolute atomic E-state index is 14.3. The molecule has 0 unspecified atom stereocenters. The van der Waals surface area contributed by atoms with E-state index in [0.717, 1.165) is 77.3 Å². The van der Waals surface area contributed by atoms with Crippen LogP contribution in [0, 0.1) is 56.7 Å². The van der Waals surface area contributed by atoms with Crippen molar-refractivity contribution in [3.8, 4) is 0 Å². The Balaban J connectivity index is 1.30. The van der Waals surface area contributed by atoms with Gasteiger partial charge in [-0.1, -0.05) is 66.0 Å². The minimum atomic E-state index is -0.243. The molecule has 5 aliphatic carbocycles. The van der Waals surface area contributed by atoms with E-state index in [1.165, 1.54) is 37.7 Å². The SMILES string of the molecule is C=C(C)[C@@H]1CC[C@]2(C(=O)NCCCCCCCNC(C)=O)CC[C@]3(C)[C@H](CC[C@@H]4[C@@]5(C)CC[C@H](O)C(C)(C)[C@@H]5CC[C@]43C)[C@@H]12. The molecule has 5 rings (SSSR count). The molecule has 5 nitrogen and oxygen atoms in total. The van der Waals surface area contributed by atoms with Crippen molar-refractivity contribution in [1.82, 2.24) is 10.6 Å². The number of hydrogen-bond donors (Lipinski definition) is 3. The number of nitrogens with one attached hydrogen (secondary N) is 2. The van der Waals surface area contributed by atoms with Crippen molar-refractivity contribution in [3.05, 3.63) is 12.2 Å². The van der Waals surface area contributed by atoms with Crippen molar-refractivity contribution < 1.29 is 14.7 Å². The molecule has 0 aliphatic heterocycles. The van der Waals surface area contributed by atoms with E-state index in [1.54, 1.807) is 6.92 Å². The lowest BCUT2D eigenvalue weighted by atomic mass is 9.32.